The van der Waals surface area contributed by atoms with Crippen molar-refractivity contribution in [3.05, 3.63) is 29.5 Å². The minimum Gasteiger partial charge on any atom is -0.356 e. The van der Waals surface area contributed by atoms with Crippen molar-refractivity contribution in [3.8, 4) is 0 Å². The van der Waals surface area contributed by atoms with Crippen molar-refractivity contribution in [2.45, 2.75) is 39.3 Å². The number of Topliss-reactive ketones (excluding diaryl/α,β-unsaturated/α-hetero) is 1. The molecule has 1 fully saturated rings. The second kappa shape index (κ2) is 4.78. The lowest BCUT2D eigenvalue weighted by Crippen LogP contribution is -2.19. The molecule has 2 heterocycles. The quantitative estimate of drug-likeness (QED) is 0.777. The molecule has 0 amide bonds. The lowest BCUT2D eigenvalue weighted by atomic mass is 10.0. The van der Waals surface area contributed by atoms with Crippen molar-refractivity contribution in [1.82, 2.24) is 9.78 Å². The van der Waals surface area contributed by atoms with E-state index in [4.69, 9.17) is 4.74 Å². The molecular formula is C15H18N2O2. The first-order valence-electron chi connectivity index (χ1n) is 6.78. The lowest BCUT2D eigenvalue weighted by Gasteiger charge is -2.23. The average molecular weight is 258 g/mol. The summed E-state index contributed by atoms with van der Waals surface area (Å²) in [6.45, 7) is 4.36. The predicted octanol–water partition coefficient (Wildman–Crippen LogP) is 3.25. The maximum absolute atomic E-state index is 11.8. The zero-order valence-electron chi connectivity index (χ0n) is 11.3. The molecule has 0 radical (unpaired) electrons. The largest absolute Gasteiger partial charge is 0.356 e. The van der Waals surface area contributed by atoms with Crippen molar-refractivity contribution in [1.29, 1.82) is 0 Å². The molecule has 1 aliphatic heterocycles. The number of hydrogen-bond donors (Lipinski definition) is 0. The van der Waals surface area contributed by atoms with Gasteiger partial charge in [0.1, 0.15) is 0 Å². The maximum Gasteiger partial charge on any atom is 0.160 e. The summed E-state index contributed by atoms with van der Waals surface area (Å²) in [6, 6.07) is 4.02. The second-order valence-corrected chi connectivity index (χ2v) is 5.16. The number of nitrogens with zero attached hydrogens (tertiary/aromatic N) is 2. The number of ketones is 1. The molecule has 1 aromatic carbocycles. The summed E-state index contributed by atoms with van der Waals surface area (Å²) in [4.78, 5) is 11.8. The summed E-state index contributed by atoms with van der Waals surface area (Å²) < 4.78 is 7.69. The highest BCUT2D eigenvalue weighted by atomic mass is 16.5. The Hall–Kier alpha value is -1.68. The third kappa shape index (κ3) is 2.06. The Morgan fingerprint density at radius 3 is 2.95 bits per heavy atom. The topological polar surface area (TPSA) is 44.1 Å². The van der Waals surface area contributed by atoms with Gasteiger partial charge in [-0.2, -0.15) is 5.10 Å². The van der Waals surface area contributed by atoms with Crippen molar-refractivity contribution >= 4 is 16.7 Å². The van der Waals surface area contributed by atoms with Gasteiger partial charge in [0.15, 0.2) is 12.0 Å². The van der Waals surface area contributed by atoms with E-state index in [1.807, 2.05) is 23.7 Å². The molecule has 100 valence electrons. The molecule has 19 heavy (non-hydrogen) atoms. The third-order valence-corrected chi connectivity index (χ3v) is 3.77. The number of aryl methyl sites for hydroxylation is 1. The number of fused-ring (bicyclic) bond motifs is 1. The van der Waals surface area contributed by atoms with Crippen LogP contribution >= 0.6 is 0 Å². The van der Waals surface area contributed by atoms with E-state index in [0.717, 1.165) is 47.9 Å². The normalized spacial score (nSPS) is 19.8. The zero-order valence-corrected chi connectivity index (χ0v) is 11.3. The maximum atomic E-state index is 11.8. The van der Waals surface area contributed by atoms with Crippen molar-refractivity contribution in [2.75, 3.05) is 6.61 Å². The molecule has 0 N–H and O–H groups in total. The fourth-order valence-electron chi connectivity index (χ4n) is 2.84. The monoisotopic (exact) mass is 258 g/mol. The molecule has 1 unspecified atom stereocenters. The molecule has 1 aliphatic rings. The van der Waals surface area contributed by atoms with Crippen LogP contribution in [0, 0.1) is 6.92 Å². The van der Waals surface area contributed by atoms with Crippen LogP contribution in [0.2, 0.25) is 0 Å². The number of carbonyl (C=O) groups is 1. The number of carbonyl (C=O) groups excluding carboxylic acids is 1. The van der Waals surface area contributed by atoms with Gasteiger partial charge in [0, 0.05) is 17.6 Å². The van der Waals surface area contributed by atoms with E-state index in [9.17, 15) is 4.79 Å². The number of rotatable bonds is 2. The molecule has 3 rings (SSSR count). The SMILES string of the molecule is CC(=O)c1c(C)ccc2c1cnn2C1CCCCO1. The Kier molecular flexibility index (Phi) is 3.11. The molecule has 1 aromatic heterocycles. The van der Waals surface area contributed by atoms with Gasteiger partial charge in [0.2, 0.25) is 0 Å². The molecule has 1 saturated heterocycles. The van der Waals surface area contributed by atoms with E-state index in [1.54, 1.807) is 13.1 Å². The fourth-order valence-corrected chi connectivity index (χ4v) is 2.84. The molecule has 0 spiro atoms. The standard InChI is InChI=1S/C15H18N2O2/c1-10-6-7-13-12(15(10)11(2)18)9-16-17(13)14-5-3-4-8-19-14/h6-7,9,14H,3-5,8H2,1-2H3. The number of hydrogen-bond acceptors (Lipinski definition) is 3. The van der Waals surface area contributed by atoms with Gasteiger partial charge in [-0.3, -0.25) is 4.79 Å². The highest BCUT2D eigenvalue weighted by Gasteiger charge is 2.20. The second-order valence-electron chi connectivity index (χ2n) is 5.16. The van der Waals surface area contributed by atoms with Crippen molar-refractivity contribution in [2.24, 2.45) is 0 Å². The lowest BCUT2D eigenvalue weighted by molar-refractivity contribution is -0.0366. The van der Waals surface area contributed by atoms with Gasteiger partial charge in [-0.1, -0.05) is 6.07 Å². The first-order valence-corrected chi connectivity index (χ1v) is 6.78. The molecule has 0 aliphatic carbocycles. The highest BCUT2D eigenvalue weighted by Crippen LogP contribution is 2.28. The van der Waals surface area contributed by atoms with Crippen molar-refractivity contribution < 1.29 is 9.53 Å². The van der Waals surface area contributed by atoms with Gasteiger partial charge in [-0.15, -0.1) is 0 Å². The Balaban J connectivity index is 2.13. The van der Waals surface area contributed by atoms with Crippen LogP contribution in [0.1, 0.15) is 48.3 Å². The van der Waals surface area contributed by atoms with Crippen LogP contribution < -0.4 is 0 Å². The molecular weight excluding hydrogens is 240 g/mol. The third-order valence-electron chi connectivity index (χ3n) is 3.77. The van der Waals surface area contributed by atoms with Crippen molar-refractivity contribution in [3.63, 3.8) is 0 Å². The summed E-state index contributed by atoms with van der Waals surface area (Å²) in [5.74, 6) is 0.0900. The van der Waals surface area contributed by atoms with Gasteiger partial charge in [0.05, 0.1) is 11.7 Å². The van der Waals surface area contributed by atoms with Crippen LogP contribution in [0.5, 0.6) is 0 Å². The average Bonchev–Trinajstić information content (AvgIpc) is 2.82. The van der Waals surface area contributed by atoms with Crippen LogP contribution in [0.4, 0.5) is 0 Å². The van der Waals surface area contributed by atoms with E-state index in [1.165, 1.54) is 0 Å². The summed E-state index contributed by atoms with van der Waals surface area (Å²) in [5, 5.41) is 5.37. The minimum absolute atomic E-state index is 0.00812. The van der Waals surface area contributed by atoms with E-state index in [2.05, 4.69) is 5.10 Å². The summed E-state index contributed by atoms with van der Waals surface area (Å²) in [5.41, 5.74) is 2.77. The number of benzene rings is 1. The number of aromatic nitrogens is 2. The molecule has 1 atom stereocenters. The van der Waals surface area contributed by atoms with E-state index < -0.39 is 0 Å². The Labute approximate surface area is 112 Å². The summed E-state index contributed by atoms with van der Waals surface area (Å²) in [6.07, 6.45) is 5.07. The Morgan fingerprint density at radius 2 is 2.26 bits per heavy atom. The van der Waals surface area contributed by atoms with E-state index in [-0.39, 0.29) is 12.0 Å². The van der Waals surface area contributed by atoms with Crippen LogP contribution in [-0.4, -0.2) is 22.2 Å². The Bertz CT molecular complexity index is 624. The fraction of sp³-hybridized carbons (Fsp3) is 0.467. The molecule has 2 aromatic rings. The van der Waals surface area contributed by atoms with Gasteiger partial charge in [-0.25, -0.2) is 4.68 Å². The molecule has 0 saturated carbocycles. The van der Waals surface area contributed by atoms with Crippen LogP contribution in [0.15, 0.2) is 18.3 Å². The van der Waals surface area contributed by atoms with Crippen LogP contribution in [-0.2, 0) is 4.74 Å². The summed E-state index contributed by atoms with van der Waals surface area (Å²) in [7, 11) is 0. The summed E-state index contributed by atoms with van der Waals surface area (Å²) >= 11 is 0. The smallest absolute Gasteiger partial charge is 0.160 e. The van der Waals surface area contributed by atoms with Gasteiger partial charge in [-0.05, 0) is 44.7 Å². The molecule has 0 bridgehead atoms. The first kappa shape index (κ1) is 12.4. The van der Waals surface area contributed by atoms with Gasteiger partial charge < -0.3 is 4.74 Å². The van der Waals surface area contributed by atoms with Crippen LogP contribution in [0.3, 0.4) is 0 Å². The van der Waals surface area contributed by atoms with Crippen LogP contribution in [0.25, 0.3) is 10.9 Å². The zero-order chi connectivity index (χ0) is 13.4. The Morgan fingerprint density at radius 1 is 1.42 bits per heavy atom. The number of ether oxygens (including phenoxy) is 1. The highest BCUT2D eigenvalue weighted by molar-refractivity contribution is 6.07. The minimum atomic E-state index is 0.00812. The molecule has 4 heteroatoms. The first-order chi connectivity index (χ1) is 9.18. The van der Waals surface area contributed by atoms with E-state index in [0.29, 0.717) is 0 Å². The van der Waals surface area contributed by atoms with Gasteiger partial charge >= 0.3 is 0 Å². The predicted molar refractivity (Wildman–Crippen MR) is 73.3 cm³/mol. The van der Waals surface area contributed by atoms with E-state index >= 15 is 0 Å². The van der Waals surface area contributed by atoms with Gasteiger partial charge in [0.25, 0.3) is 0 Å². The molecule has 4 nitrogen and oxygen atoms in total.